The van der Waals surface area contributed by atoms with Crippen LogP contribution in [0.1, 0.15) is 12.5 Å². The molecule has 0 saturated carbocycles. The number of anilines is 1. The Labute approximate surface area is 143 Å². The fraction of sp³-hybridized carbons (Fsp3) is 0.316. The lowest BCUT2D eigenvalue weighted by Crippen LogP contribution is -2.39. The Bertz CT molecular complexity index is 674. The van der Waals surface area contributed by atoms with Crippen LogP contribution in [-0.2, 0) is 11.3 Å². The van der Waals surface area contributed by atoms with E-state index in [4.69, 9.17) is 9.47 Å². The Morgan fingerprint density at radius 1 is 1.08 bits per heavy atom. The summed E-state index contributed by atoms with van der Waals surface area (Å²) in [5.41, 5.74) is 1.85. The van der Waals surface area contributed by atoms with Crippen LogP contribution in [0.2, 0.25) is 0 Å². The highest BCUT2D eigenvalue weighted by molar-refractivity contribution is 5.94. The number of nitrogens with zero attached hydrogens (tertiary/aromatic N) is 1. The number of nitrogens with one attached hydrogen (secondary N) is 1. The van der Waals surface area contributed by atoms with Crippen molar-refractivity contribution in [1.29, 1.82) is 0 Å². The third-order valence-corrected chi connectivity index (χ3v) is 3.96. The number of hydrogen-bond donors (Lipinski definition) is 1. The molecule has 0 spiro atoms. The number of likely N-dealkylation sites (N-methyl/N-ethyl adjacent to an activating group) is 1. The molecule has 0 aromatic heterocycles. The zero-order valence-corrected chi connectivity index (χ0v) is 14.6. The van der Waals surface area contributed by atoms with E-state index in [0.717, 1.165) is 11.3 Å². The third-order valence-electron chi connectivity index (χ3n) is 3.96. The van der Waals surface area contributed by atoms with Crippen LogP contribution >= 0.6 is 0 Å². The number of rotatable bonds is 7. The maximum atomic E-state index is 12.4. The fourth-order valence-corrected chi connectivity index (χ4v) is 2.37. The van der Waals surface area contributed by atoms with Crippen LogP contribution in [0.4, 0.5) is 5.69 Å². The molecule has 0 saturated heterocycles. The molecule has 1 unspecified atom stereocenters. The topological polar surface area (TPSA) is 50.8 Å². The van der Waals surface area contributed by atoms with E-state index in [0.29, 0.717) is 18.0 Å². The molecule has 1 atom stereocenters. The average molecular weight is 328 g/mol. The second-order valence-electron chi connectivity index (χ2n) is 5.64. The Morgan fingerprint density at radius 2 is 1.75 bits per heavy atom. The van der Waals surface area contributed by atoms with Crippen LogP contribution in [0, 0.1) is 0 Å². The van der Waals surface area contributed by atoms with Crippen molar-refractivity contribution in [3.05, 3.63) is 54.1 Å². The monoisotopic (exact) mass is 328 g/mol. The molecule has 2 aromatic rings. The maximum absolute atomic E-state index is 12.4. The van der Waals surface area contributed by atoms with E-state index in [9.17, 15) is 4.79 Å². The first-order valence-corrected chi connectivity index (χ1v) is 7.82. The maximum Gasteiger partial charge on any atom is 0.241 e. The van der Waals surface area contributed by atoms with E-state index >= 15 is 0 Å². The van der Waals surface area contributed by atoms with Gasteiger partial charge in [-0.15, -0.1) is 0 Å². The van der Waals surface area contributed by atoms with E-state index in [1.54, 1.807) is 14.2 Å². The van der Waals surface area contributed by atoms with Gasteiger partial charge in [0.1, 0.15) is 0 Å². The summed E-state index contributed by atoms with van der Waals surface area (Å²) in [5, 5.41) is 2.92. The minimum Gasteiger partial charge on any atom is -0.493 e. The quantitative estimate of drug-likeness (QED) is 0.848. The van der Waals surface area contributed by atoms with Crippen molar-refractivity contribution in [2.75, 3.05) is 26.6 Å². The zero-order valence-electron chi connectivity index (χ0n) is 14.6. The van der Waals surface area contributed by atoms with Crippen LogP contribution in [-0.4, -0.2) is 38.1 Å². The number of amides is 1. The predicted molar refractivity (Wildman–Crippen MR) is 95.5 cm³/mol. The number of carbonyl (C=O) groups is 1. The summed E-state index contributed by atoms with van der Waals surface area (Å²) >= 11 is 0. The molecule has 24 heavy (non-hydrogen) atoms. The summed E-state index contributed by atoms with van der Waals surface area (Å²) in [5.74, 6) is 1.34. The Morgan fingerprint density at radius 3 is 2.38 bits per heavy atom. The van der Waals surface area contributed by atoms with Gasteiger partial charge < -0.3 is 14.8 Å². The first-order chi connectivity index (χ1) is 11.5. The summed E-state index contributed by atoms with van der Waals surface area (Å²) < 4.78 is 10.6. The molecule has 0 aliphatic rings. The molecule has 0 heterocycles. The fourth-order valence-electron chi connectivity index (χ4n) is 2.37. The van der Waals surface area contributed by atoms with Gasteiger partial charge in [0, 0.05) is 12.2 Å². The van der Waals surface area contributed by atoms with Crippen molar-refractivity contribution < 1.29 is 14.3 Å². The van der Waals surface area contributed by atoms with Crippen molar-refractivity contribution >= 4 is 11.6 Å². The first kappa shape index (κ1) is 17.8. The van der Waals surface area contributed by atoms with Crippen molar-refractivity contribution in [2.45, 2.75) is 19.5 Å². The summed E-state index contributed by atoms with van der Waals surface area (Å²) in [7, 11) is 5.15. The summed E-state index contributed by atoms with van der Waals surface area (Å²) in [6.45, 7) is 2.52. The van der Waals surface area contributed by atoms with Gasteiger partial charge in [0.05, 0.1) is 20.3 Å². The van der Waals surface area contributed by atoms with Crippen LogP contribution in [0.15, 0.2) is 48.5 Å². The van der Waals surface area contributed by atoms with Gasteiger partial charge >= 0.3 is 0 Å². The number of methoxy groups -OCH3 is 2. The molecule has 1 N–H and O–H groups in total. The molecule has 0 fully saturated rings. The molecule has 1 amide bonds. The smallest absolute Gasteiger partial charge is 0.241 e. The van der Waals surface area contributed by atoms with Crippen LogP contribution in [0.3, 0.4) is 0 Å². The molecular weight excluding hydrogens is 304 g/mol. The van der Waals surface area contributed by atoms with E-state index < -0.39 is 0 Å². The minimum absolute atomic E-state index is 0.0378. The van der Waals surface area contributed by atoms with Gasteiger partial charge in [0.25, 0.3) is 0 Å². The standard InChI is InChI=1S/C19H24N2O3/c1-14(19(22)20-16-8-6-5-7-9-16)21(2)13-15-10-11-17(23-3)18(12-15)24-4/h5-12,14H,13H2,1-4H3,(H,20,22). The lowest BCUT2D eigenvalue weighted by atomic mass is 10.1. The summed E-state index contributed by atoms with van der Waals surface area (Å²) in [6.07, 6.45) is 0. The molecule has 0 aliphatic heterocycles. The predicted octanol–water partition coefficient (Wildman–Crippen LogP) is 3.16. The molecule has 0 bridgehead atoms. The van der Waals surface area contributed by atoms with Gasteiger partial charge in [-0.2, -0.15) is 0 Å². The van der Waals surface area contributed by atoms with E-state index in [-0.39, 0.29) is 11.9 Å². The molecular formula is C19H24N2O3. The molecule has 2 aromatic carbocycles. The van der Waals surface area contributed by atoms with Gasteiger partial charge in [0.15, 0.2) is 11.5 Å². The molecule has 128 valence electrons. The number of para-hydroxylation sites is 1. The van der Waals surface area contributed by atoms with Gasteiger partial charge in [0.2, 0.25) is 5.91 Å². The van der Waals surface area contributed by atoms with Crippen molar-refractivity contribution in [3.8, 4) is 11.5 Å². The first-order valence-electron chi connectivity index (χ1n) is 7.82. The van der Waals surface area contributed by atoms with E-state index in [1.165, 1.54) is 0 Å². The van der Waals surface area contributed by atoms with Crippen LogP contribution in [0.5, 0.6) is 11.5 Å². The van der Waals surface area contributed by atoms with Gasteiger partial charge in [-0.25, -0.2) is 0 Å². The molecule has 2 rings (SSSR count). The average Bonchev–Trinajstić information content (AvgIpc) is 2.61. The Balaban J connectivity index is 2.00. The Hall–Kier alpha value is -2.53. The highest BCUT2D eigenvalue weighted by atomic mass is 16.5. The second-order valence-corrected chi connectivity index (χ2v) is 5.64. The number of carbonyl (C=O) groups excluding carboxylic acids is 1. The van der Waals surface area contributed by atoms with Crippen molar-refractivity contribution in [1.82, 2.24) is 4.90 Å². The molecule has 0 radical (unpaired) electrons. The highest BCUT2D eigenvalue weighted by Gasteiger charge is 2.18. The SMILES string of the molecule is COc1ccc(CN(C)C(C)C(=O)Nc2ccccc2)cc1OC. The molecule has 0 aliphatic carbocycles. The van der Waals surface area contributed by atoms with E-state index in [2.05, 4.69) is 5.32 Å². The van der Waals surface area contributed by atoms with Gasteiger partial charge in [-0.3, -0.25) is 9.69 Å². The number of hydrogen-bond acceptors (Lipinski definition) is 4. The highest BCUT2D eigenvalue weighted by Crippen LogP contribution is 2.28. The summed E-state index contributed by atoms with van der Waals surface area (Å²) in [4.78, 5) is 14.4. The lowest BCUT2D eigenvalue weighted by Gasteiger charge is -2.24. The minimum atomic E-state index is -0.265. The molecule has 5 heteroatoms. The summed E-state index contributed by atoms with van der Waals surface area (Å²) in [6, 6.07) is 15.0. The second kappa shape index (κ2) is 8.36. The van der Waals surface area contributed by atoms with Crippen LogP contribution in [0.25, 0.3) is 0 Å². The normalized spacial score (nSPS) is 11.9. The van der Waals surface area contributed by atoms with Crippen molar-refractivity contribution in [2.24, 2.45) is 0 Å². The third kappa shape index (κ3) is 4.49. The molecule has 5 nitrogen and oxygen atoms in total. The lowest BCUT2D eigenvalue weighted by molar-refractivity contribution is -0.120. The zero-order chi connectivity index (χ0) is 17.5. The van der Waals surface area contributed by atoms with Gasteiger partial charge in [-0.1, -0.05) is 24.3 Å². The number of ether oxygens (including phenoxy) is 2. The van der Waals surface area contributed by atoms with E-state index in [1.807, 2.05) is 67.4 Å². The van der Waals surface area contributed by atoms with Crippen molar-refractivity contribution in [3.63, 3.8) is 0 Å². The number of benzene rings is 2. The Kier molecular flexibility index (Phi) is 6.21. The largest absolute Gasteiger partial charge is 0.493 e. The van der Waals surface area contributed by atoms with Gasteiger partial charge in [-0.05, 0) is 43.8 Å². The van der Waals surface area contributed by atoms with Crippen LogP contribution < -0.4 is 14.8 Å².